The van der Waals surface area contributed by atoms with Crippen LogP contribution in [0.25, 0.3) is 0 Å². The molecule has 1 heterocycles. The summed E-state index contributed by atoms with van der Waals surface area (Å²) in [6.07, 6.45) is 3.52. The molecule has 0 aromatic rings. The molecule has 0 saturated carbocycles. The van der Waals surface area contributed by atoms with Gasteiger partial charge in [-0.25, -0.2) is 0 Å². The van der Waals surface area contributed by atoms with Crippen molar-refractivity contribution in [2.75, 3.05) is 13.1 Å². The van der Waals surface area contributed by atoms with Gasteiger partial charge < -0.3 is 5.73 Å². The van der Waals surface area contributed by atoms with Crippen molar-refractivity contribution in [3.8, 4) is 0 Å². The van der Waals surface area contributed by atoms with E-state index in [9.17, 15) is 9.59 Å². The van der Waals surface area contributed by atoms with E-state index in [4.69, 9.17) is 5.73 Å². The first kappa shape index (κ1) is 13.9. The van der Waals surface area contributed by atoms with Gasteiger partial charge in [0.05, 0.1) is 0 Å². The molecular formula is C13H22N2O2. The van der Waals surface area contributed by atoms with Crippen LogP contribution in [-0.4, -0.2) is 29.8 Å². The monoisotopic (exact) mass is 238 g/mol. The van der Waals surface area contributed by atoms with E-state index in [1.807, 2.05) is 0 Å². The molecule has 0 aromatic heterocycles. The summed E-state index contributed by atoms with van der Waals surface area (Å²) in [6.45, 7) is 9.35. The van der Waals surface area contributed by atoms with Gasteiger partial charge in [0.25, 0.3) is 11.8 Å². The first-order valence-electron chi connectivity index (χ1n) is 5.90. The molecule has 0 radical (unpaired) electrons. The lowest BCUT2D eigenvalue weighted by atomic mass is 9.75. The number of hydrogen-bond acceptors (Lipinski definition) is 3. The van der Waals surface area contributed by atoms with Crippen LogP contribution >= 0.6 is 0 Å². The van der Waals surface area contributed by atoms with Gasteiger partial charge in [0.15, 0.2) is 0 Å². The second-order valence-electron chi connectivity index (χ2n) is 6.31. The van der Waals surface area contributed by atoms with Gasteiger partial charge in [-0.3, -0.25) is 14.5 Å². The molecule has 17 heavy (non-hydrogen) atoms. The van der Waals surface area contributed by atoms with Crippen LogP contribution in [0.3, 0.4) is 0 Å². The van der Waals surface area contributed by atoms with E-state index in [-0.39, 0.29) is 22.6 Å². The van der Waals surface area contributed by atoms with Gasteiger partial charge in [-0.05, 0) is 23.8 Å². The van der Waals surface area contributed by atoms with Crippen molar-refractivity contribution in [1.29, 1.82) is 0 Å². The summed E-state index contributed by atoms with van der Waals surface area (Å²) in [5.41, 5.74) is 5.61. The van der Waals surface area contributed by atoms with Crippen molar-refractivity contribution in [2.45, 2.75) is 34.1 Å². The zero-order valence-corrected chi connectivity index (χ0v) is 11.1. The molecule has 1 aliphatic rings. The van der Waals surface area contributed by atoms with Gasteiger partial charge in [0, 0.05) is 18.7 Å². The second kappa shape index (κ2) is 4.61. The van der Waals surface area contributed by atoms with Gasteiger partial charge in [-0.15, -0.1) is 0 Å². The molecule has 0 unspecified atom stereocenters. The number of hydrogen-bond donors (Lipinski definition) is 1. The first-order chi connectivity index (χ1) is 7.67. The largest absolute Gasteiger partial charge is 0.330 e. The van der Waals surface area contributed by atoms with E-state index in [1.54, 1.807) is 0 Å². The maximum absolute atomic E-state index is 11.5. The molecule has 4 nitrogen and oxygen atoms in total. The Morgan fingerprint density at radius 2 is 1.53 bits per heavy atom. The summed E-state index contributed by atoms with van der Waals surface area (Å²) in [5, 5.41) is 0. The fourth-order valence-electron chi connectivity index (χ4n) is 2.44. The van der Waals surface area contributed by atoms with Crippen molar-refractivity contribution in [1.82, 2.24) is 4.90 Å². The van der Waals surface area contributed by atoms with Crippen LogP contribution in [0.15, 0.2) is 12.2 Å². The summed E-state index contributed by atoms with van der Waals surface area (Å²) in [4.78, 5) is 24.3. The van der Waals surface area contributed by atoms with Crippen molar-refractivity contribution in [2.24, 2.45) is 16.6 Å². The minimum Gasteiger partial charge on any atom is -0.330 e. The number of imide groups is 1. The maximum atomic E-state index is 11.5. The van der Waals surface area contributed by atoms with Crippen LogP contribution in [-0.2, 0) is 9.59 Å². The maximum Gasteiger partial charge on any atom is 0.253 e. The topological polar surface area (TPSA) is 63.4 Å². The number of carbonyl (C=O) groups is 2. The third-order valence-electron chi connectivity index (χ3n) is 3.00. The molecule has 96 valence electrons. The standard InChI is InChI=1S/C13H22N2O2/c1-12(2,8-14)7-13(3,4)9-15-10(16)5-6-11(15)17/h5-6H,7-9,14H2,1-4H3. The number of carbonyl (C=O) groups excluding carboxylic acids is 2. The Balaban J connectivity index is 2.67. The third-order valence-corrected chi connectivity index (χ3v) is 3.00. The van der Waals surface area contributed by atoms with Crippen LogP contribution < -0.4 is 5.73 Å². The second-order valence-corrected chi connectivity index (χ2v) is 6.31. The quantitative estimate of drug-likeness (QED) is 0.735. The van der Waals surface area contributed by atoms with E-state index in [1.165, 1.54) is 17.1 Å². The minimum atomic E-state index is -0.214. The van der Waals surface area contributed by atoms with E-state index < -0.39 is 0 Å². The minimum absolute atomic E-state index is 0.0166. The van der Waals surface area contributed by atoms with Gasteiger partial charge in [0.1, 0.15) is 0 Å². The highest BCUT2D eigenvalue weighted by molar-refractivity contribution is 6.12. The van der Waals surface area contributed by atoms with E-state index in [2.05, 4.69) is 27.7 Å². The fourth-order valence-corrected chi connectivity index (χ4v) is 2.44. The van der Waals surface area contributed by atoms with Crippen LogP contribution in [0.1, 0.15) is 34.1 Å². The Labute approximate surface area is 103 Å². The third kappa shape index (κ3) is 3.66. The number of amides is 2. The summed E-state index contributed by atoms with van der Waals surface area (Å²) >= 11 is 0. The Morgan fingerprint density at radius 3 is 1.94 bits per heavy atom. The summed E-state index contributed by atoms with van der Waals surface area (Å²) in [7, 11) is 0. The van der Waals surface area contributed by atoms with Gasteiger partial charge in [-0.2, -0.15) is 0 Å². The van der Waals surface area contributed by atoms with E-state index >= 15 is 0 Å². The highest BCUT2D eigenvalue weighted by Crippen LogP contribution is 2.34. The molecule has 0 spiro atoms. The van der Waals surface area contributed by atoms with Crippen LogP contribution in [0.2, 0.25) is 0 Å². The zero-order valence-electron chi connectivity index (χ0n) is 11.1. The van der Waals surface area contributed by atoms with Gasteiger partial charge in [-0.1, -0.05) is 27.7 Å². The van der Waals surface area contributed by atoms with Crippen LogP contribution in [0.4, 0.5) is 0 Å². The van der Waals surface area contributed by atoms with E-state index in [0.29, 0.717) is 13.1 Å². The molecule has 0 fully saturated rings. The highest BCUT2D eigenvalue weighted by atomic mass is 16.2. The fraction of sp³-hybridized carbons (Fsp3) is 0.692. The van der Waals surface area contributed by atoms with Gasteiger partial charge >= 0.3 is 0 Å². The Bertz CT molecular complexity index is 338. The lowest BCUT2D eigenvalue weighted by molar-refractivity contribution is -0.138. The molecule has 4 heteroatoms. The number of rotatable bonds is 5. The molecule has 0 aliphatic carbocycles. The summed E-state index contributed by atoms with van der Waals surface area (Å²) in [6, 6.07) is 0. The highest BCUT2D eigenvalue weighted by Gasteiger charge is 2.34. The predicted octanol–water partition coefficient (Wildman–Crippen LogP) is 1.31. The van der Waals surface area contributed by atoms with Gasteiger partial charge in [0.2, 0.25) is 0 Å². The normalized spacial score (nSPS) is 17.1. The molecule has 2 N–H and O–H groups in total. The van der Waals surface area contributed by atoms with Crippen LogP contribution in [0.5, 0.6) is 0 Å². The Morgan fingerprint density at radius 1 is 1.06 bits per heavy atom. The molecule has 1 rings (SSSR count). The molecule has 2 amide bonds. The SMILES string of the molecule is CC(C)(CN)CC(C)(C)CN1C(=O)C=CC1=O. The molecular weight excluding hydrogens is 216 g/mol. The average Bonchev–Trinajstić information content (AvgIpc) is 2.47. The van der Waals surface area contributed by atoms with Crippen LogP contribution in [0, 0.1) is 10.8 Å². The molecule has 0 bridgehead atoms. The molecule has 0 saturated heterocycles. The summed E-state index contributed by atoms with van der Waals surface area (Å²) in [5.74, 6) is -0.428. The number of nitrogens with zero attached hydrogens (tertiary/aromatic N) is 1. The number of nitrogens with two attached hydrogens (primary N) is 1. The van der Waals surface area contributed by atoms with Crippen molar-refractivity contribution in [3.63, 3.8) is 0 Å². The summed E-state index contributed by atoms with van der Waals surface area (Å²) < 4.78 is 0. The Kier molecular flexibility index (Phi) is 3.77. The predicted molar refractivity (Wildman–Crippen MR) is 67.1 cm³/mol. The van der Waals surface area contributed by atoms with Crippen molar-refractivity contribution in [3.05, 3.63) is 12.2 Å². The lowest BCUT2D eigenvalue weighted by Crippen LogP contribution is -2.41. The first-order valence-corrected chi connectivity index (χ1v) is 5.90. The molecule has 1 aliphatic heterocycles. The molecule has 0 aromatic carbocycles. The average molecular weight is 238 g/mol. The van der Waals surface area contributed by atoms with E-state index in [0.717, 1.165) is 6.42 Å². The molecule has 0 atom stereocenters. The zero-order chi connectivity index (χ0) is 13.3. The lowest BCUT2D eigenvalue weighted by Gasteiger charge is -2.36. The van der Waals surface area contributed by atoms with Crippen molar-refractivity contribution < 1.29 is 9.59 Å². The smallest absolute Gasteiger partial charge is 0.253 e. The van der Waals surface area contributed by atoms with Crippen molar-refractivity contribution >= 4 is 11.8 Å². The Hall–Kier alpha value is -1.16.